The van der Waals surface area contributed by atoms with Gasteiger partial charge in [-0.15, -0.1) is 0 Å². The minimum absolute atomic E-state index is 0.199. The highest BCUT2D eigenvalue weighted by atomic mass is 19.4. The van der Waals surface area contributed by atoms with Crippen molar-refractivity contribution in [2.24, 2.45) is 0 Å². The Morgan fingerprint density at radius 2 is 1.71 bits per heavy atom. The molecule has 1 unspecified atom stereocenters. The van der Waals surface area contributed by atoms with Crippen LogP contribution in [-0.2, 0) is 19.0 Å². The molecular weight excluding hydrogens is 273 g/mol. The number of halogens is 3. The molecule has 0 radical (unpaired) electrons. The minimum Gasteiger partial charge on any atom is -0.166 e. The second-order valence-electron chi connectivity index (χ2n) is 5.36. The molecule has 0 saturated carbocycles. The lowest BCUT2D eigenvalue weighted by molar-refractivity contribution is -0.137. The standard InChI is InChI=1S/C18H19F3/c1-3-15-8-4-5-10-17(15)13(2)11-14-7-6-9-16(12-14)18(19,20)21/h4-10,12-13H,3,11H2,1-2H3. The van der Waals surface area contributed by atoms with Crippen molar-refractivity contribution < 1.29 is 13.2 Å². The predicted octanol–water partition coefficient (Wildman–Crippen LogP) is 5.61. The van der Waals surface area contributed by atoms with Gasteiger partial charge in [-0.05, 0) is 41.5 Å². The number of benzene rings is 2. The molecule has 112 valence electrons. The summed E-state index contributed by atoms with van der Waals surface area (Å²) in [5, 5.41) is 0. The van der Waals surface area contributed by atoms with Crippen LogP contribution in [0, 0.1) is 0 Å². The molecule has 0 heterocycles. The molecule has 0 fully saturated rings. The molecule has 2 rings (SSSR count). The summed E-state index contributed by atoms with van der Waals surface area (Å²) in [6, 6.07) is 13.8. The summed E-state index contributed by atoms with van der Waals surface area (Å²) in [7, 11) is 0. The maximum Gasteiger partial charge on any atom is 0.416 e. The van der Waals surface area contributed by atoms with E-state index in [1.165, 1.54) is 23.3 Å². The van der Waals surface area contributed by atoms with E-state index in [0.717, 1.165) is 18.1 Å². The minimum atomic E-state index is -4.28. The van der Waals surface area contributed by atoms with Gasteiger partial charge in [-0.3, -0.25) is 0 Å². The van der Waals surface area contributed by atoms with E-state index in [1.54, 1.807) is 6.07 Å². The Morgan fingerprint density at radius 3 is 2.38 bits per heavy atom. The molecule has 0 aliphatic heterocycles. The molecule has 0 bridgehead atoms. The highest BCUT2D eigenvalue weighted by Crippen LogP contribution is 2.31. The van der Waals surface area contributed by atoms with E-state index in [0.29, 0.717) is 6.42 Å². The average molecular weight is 292 g/mol. The van der Waals surface area contributed by atoms with Gasteiger partial charge < -0.3 is 0 Å². The fourth-order valence-corrected chi connectivity index (χ4v) is 2.68. The molecule has 0 amide bonds. The van der Waals surface area contributed by atoms with Crippen LogP contribution in [0.3, 0.4) is 0 Å². The van der Waals surface area contributed by atoms with E-state index < -0.39 is 11.7 Å². The van der Waals surface area contributed by atoms with Gasteiger partial charge in [0.05, 0.1) is 5.56 Å². The molecule has 0 saturated heterocycles. The highest BCUT2D eigenvalue weighted by molar-refractivity contribution is 5.33. The fraction of sp³-hybridized carbons (Fsp3) is 0.333. The van der Waals surface area contributed by atoms with Crippen LogP contribution in [0.25, 0.3) is 0 Å². The normalized spacial score (nSPS) is 13.2. The van der Waals surface area contributed by atoms with Crippen LogP contribution >= 0.6 is 0 Å². The first-order valence-electron chi connectivity index (χ1n) is 7.15. The third kappa shape index (κ3) is 3.87. The van der Waals surface area contributed by atoms with Gasteiger partial charge >= 0.3 is 6.18 Å². The Hall–Kier alpha value is -1.77. The van der Waals surface area contributed by atoms with E-state index in [4.69, 9.17) is 0 Å². The number of alkyl halides is 3. The van der Waals surface area contributed by atoms with Gasteiger partial charge in [0.1, 0.15) is 0 Å². The van der Waals surface area contributed by atoms with Crippen LogP contribution in [0.4, 0.5) is 13.2 Å². The average Bonchev–Trinajstić information content (AvgIpc) is 2.46. The number of hydrogen-bond acceptors (Lipinski definition) is 0. The molecule has 0 aliphatic carbocycles. The Morgan fingerprint density at radius 1 is 1.00 bits per heavy atom. The third-order valence-corrected chi connectivity index (χ3v) is 3.76. The summed E-state index contributed by atoms with van der Waals surface area (Å²) in [4.78, 5) is 0. The van der Waals surface area contributed by atoms with E-state index in [1.807, 2.05) is 12.1 Å². The summed E-state index contributed by atoms with van der Waals surface area (Å²) in [6.45, 7) is 4.16. The second kappa shape index (κ2) is 6.33. The van der Waals surface area contributed by atoms with Crippen LogP contribution in [-0.4, -0.2) is 0 Å². The fourth-order valence-electron chi connectivity index (χ4n) is 2.68. The SMILES string of the molecule is CCc1ccccc1C(C)Cc1cccc(C(F)(F)F)c1. The second-order valence-corrected chi connectivity index (χ2v) is 5.36. The highest BCUT2D eigenvalue weighted by Gasteiger charge is 2.30. The van der Waals surface area contributed by atoms with Gasteiger partial charge in [0.15, 0.2) is 0 Å². The van der Waals surface area contributed by atoms with Gasteiger partial charge in [0, 0.05) is 0 Å². The van der Waals surface area contributed by atoms with Gasteiger partial charge in [-0.1, -0.05) is 56.3 Å². The largest absolute Gasteiger partial charge is 0.416 e. The van der Waals surface area contributed by atoms with E-state index >= 15 is 0 Å². The van der Waals surface area contributed by atoms with Crippen molar-refractivity contribution in [3.05, 3.63) is 70.8 Å². The first kappa shape index (κ1) is 15.6. The topological polar surface area (TPSA) is 0 Å². The molecule has 0 spiro atoms. The third-order valence-electron chi connectivity index (χ3n) is 3.76. The molecule has 2 aromatic carbocycles. The van der Waals surface area contributed by atoms with Gasteiger partial charge in [-0.2, -0.15) is 13.2 Å². The number of rotatable bonds is 4. The lowest BCUT2D eigenvalue weighted by Gasteiger charge is -2.17. The molecule has 3 heteroatoms. The van der Waals surface area contributed by atoms with E-state index in [2.05, 4.69) is 26.0 Å². The predicted molar refractivity (Wildman–Crippen MR) is 79.4 cm³/mol. The monoisotopic (exact) mass is 292 g/mol. The smallest absolute Gasteiger partial charge is 0.166 e. The van der Waals surface area contributed by atoms with Gasteiger partial charge in [-0.25, -0.2) is 0 Å². The summed E-state index contributed by atoms with van der Waals surface area (Å²) in [5.74, 6) is 0.199. The van der Waals surface area contributed by atoms with E-state index in [-0.39, 0.29) is 5.92 Å². The first-order valence-corrected chi connectivity index (χ1v) is 7.15. The zero-order chi connectivity index (χ0) is 15.5. The Kier molecular flexibility index (Phi) is 4.71. The Balaban J connectivity index is 2.22. The van der Waals surface area contributed by atoms with Crippen molar-refractivity contribution in [1.29, 1.82) is 0 Å². The summed E-state index contributed by atoms with van der Waals surface area (Å²) in [6.07, 6.45) is -2.73. The van der Waals surface area contributed by atoms with Crippen LogP contribution in [0.15, 0.2) is 48.5 Å². The molecule has 1 atom stereocenters. The Bertz CT molecular complexity index is 599. The molecule has 0 N–H and O–H groups in total. The summed E-state index contributed by atoms with van der Waals surface area (Å²) >= 11 is 0. The maximum atomic E-state index is 12.7. The Labute approximate surface area is 123 Å². The lowest BCUT2D eigenvalue weighted by atomic mass is 9.89. The van der Waals surface area contributed by atoms with Crippen LogP contribution < -0.4 is 0 Å². The van der Waals surface area contributed by atoms with Gasteiger partial charge in [0.2, 0.25) is 0 Å². The van der Waals surface area contributed by atoms with Crippen molar-refractivity contribution >= 4 is 0 Å². The van der Waals surface area contributed by atoms with Crippen molar-refractivity contribution in [2.45, 2.75) is 38.8 Å². The first-order chi connectivity index (χ1) is 9.91. The van der Waals surface area contributed by atoms with E-state index in [9.17, 15) is 13.2 Å². The molecule has 0 aliphatic rings. The van der Waals surface area contributed by atoms with Crippen molar-refractivity contribution in [3.63, 3.8) is 0 Å². The van der Waals surface area contributed by atoms with Crippen LogP contribution in [0.1, 0.15) is 42.0 Å². The quantitative estimate of drug-likeness (QED) is 0.686. The van der Waals surface area contributed by atoms with Crippen LogP contribution in [0.5, 0.6) is 0 Å². The maximum absolute atomic E-state index is 12.7. The van der Waals surface area contributed by atoms with Crippen molar-refractivity contribution in [1.82, 2.24) is 0 Å². The number of aryl methyl sites for hydroxylation is 1. The molecule has 21 heavy (non-hydrogen) atoms. The summed E-state index contributed by atoms with van der Waals surface area (Å²) < 4.78 is 38.2. The summed E-state index contributed by atoms with van der Waals surface area (Å²) in [5.41, 5.74) is 2.63. The molecular formula is C18H19F3. The van der Waals surface area contributed by atoms with Crippen LogP contribution in [0.2, 0.25) is 0 Å². The zero-order valence-electron chi connectivity index (χ0n) is 12.2. The lowest BCUT2D eigenvalue weighted by Crippen LogP contribution is -2.07. The van der Waals surface area contributed by atoms with Crippen molar-refractivity contribution in [2.75, 3.05) is 0 Å². The van der Waals surface area contributed by atoms with Gasteiger partial charge in [0.25, 0.3) is 0 Å². The number of hydrogen-bond donors (Lipinski definition) is 0. The molecule has 0 nitrogen and oxygen atoms in total. The zero-order valence-corrected chi connectivity index (χ0v) is 12.2. The van der Waals surface area contributed by atoms with Crippen molar-refractivity contribution in [3.8, 4) is 0 Å². The molecule has 0 aromatic heterocycles. The molecule has 2 aromatic rings.